The van der Waals surface area contributed by atoms with Gasteiger partial charge in [-0.2, -0.15) is 0 Å². The predicted molar refractivity (Wildman–Crippen MR) is 65.1 cm³/mol. The summed E-state index contributed by atoms with van der Waals surface area (Å²) < 4.78 is 26.0. The highest BCUT2D eigenvalue weighted by atomic mass is 35.5. The number of hydrogen-bond acceptors (Lipinski definition) is 3. The fraction of sp³-hybridized carbons (Fsp3) is 1.00. The van der Waals surface area contributed by atoms with Crippen molar-refractivity contribution in [2.24, 2.45) is 5.92 Å². The molecule has 2 atom stereocenters. The smallest absolute Gasteiger partial charge is 0.211 e. The summed E-state index contributed by atoms with van der Waals surface area (Å²) >= 11 is 5.47. The molecule has 0 bridgehead atoms. The van der Waals surface area contributed by atoms with Gasteiger partial charge in [0, 0.05) is 18.5 Å². The van der Waals surface area contributed by atoms with E-state index in [0.29, 0.717) is 12.3 Å². The quantitative estimate of drug-likeness (QED) is 0.710. The SMILES string of the molecule is O=S(=O)(CCCCl)NC1CCCCC1CO. The van der Waals surface area contributed by atoms with Gasteiger partial charge >= 0.3 is 0 Å². The van der Waals surface area contributed by atoms with E-state index in [9.17, 15) is 13.5 Å². The van der Waals surface area contributed by atoms with Gasteiger partial charge in [-0.25, -0.2) is 13.1 Å². The van der Waals surface area contributed by atoms with Crippen molar-refractivity contribution in [1.82, 2.24) is 4.72 Å². The normalized spacial score (nSPS) is 26.9. The van der Waals surface area contributed by atoms with E-state index in [1.807, 2.05) is 0 Å². The van der Waals surface area contributed by atoms with E-state index in [2.05, 4.69) is 4.72 Å². The van der Waals surface area contributed by atoms with Crippen LogP contribution in [0.25, 0.3) is 0 Å². The molecule has 0 radical (unpaired) electrons. The van der Waals surface area contributed by atoms with E-state index in [0.717, 1.165) is 25.7 Å². The van der Waals surface area contributed by atoms with Crippen LogP contribution in [-0.2, 0) is 10.0 Å². The van der Waals surface area contributed by atoms with Gasteiger partial charge in [0.25, 0.3) is 0 Å². The molecule has 0 aromatic heterocycles. The summed E-state index contributed by atoms with van der Waals surface area (Å²) in [4.78, 5) is 0. The number of halogens is 1. The fourth-order valence-corrected chi connectivity index (χ4v) is 3.82. The minimum absolute atomic E-state index is 0.0582. The maximum Gasteiger partial charge on any atom is 0.211 e. The Morgan fingerprint density at radius 3 is 2.62 bits per heavy atom. The van der Waals surface area contributed by atoms with Crippen LogP contribution >= 0.6 is 11.6 Å². The Labute approximate surface area is 102 Å². The van der Waals surface area contributed by atoms with Crippen LogP contribution in [-0.4, -0.2) is 37.8 Å². The van der Waals surface area contributed by atoms with Crippen molar-refractivity contribution < 1.29 is 13.5 Å². The Bertz CT molecular complexity index is 294. The van der Waals surface area contributed by atoms with Crippen molar-refractivity contribution in [1.29, 1.82) is 0 Å². The Balaban J connectivity index is 2.50. The monoisotopic (exact) mass is 269 g/mol. The molecule has 0 amide bonds. The molecule has 1 fully saturated rings. The minimum atomic E-state index is -3.23. The highest BCUT2D eigenvalue weighted by molar-refractivity contribution is 7.89. The van der Waals surface area contributed by atoms with Crippen LogP contribution in [0.15, 0.2) is 0 Å². The summed E-state index contributed by atoms with van der Waals surface area (Å²) in [6.45, 7) is 0.0582. The molecule has 6 heteroatoms. The molecule has 0 aliphatic heterocycles. The first-order chi connectivity index (χ1) is 7.59. The molecule has 0 aromatic rings. The molecule has 1 rings (SSSR count). The minimum Gasteiger partial charge on any atom is -0.396 e. The molecule has 1 aliphatic rings. The van der Waals surface area contributed by atoms with Gasteiger partial charge in [-0.3, -0.25) is 0 Å². The van der Waals surface area contributed by atoms with Gasteiger partial charge in [0.2, 0.25) is 10.0 Å². The lowest BCUT2D eigenvalue weighted by Gasteiger charge is -2.30. The van der Waals surface area contributed by atoms with Crippen LogP contribution in [0.3, 0.4) is 0 Å². The van der Waals surface area contributed by atoms with Gasteiger partial charge in [-0.05, 0) is 25.2 Å². The van der Waals surface area contributed by atoms with Crippen LogP contribution in [0.5, 0.6) is 0 Å². The average Bonchev–Trinajstić information content (AvgIpc) is 2.27. The van der Waals surface area contributed by atoms with E-state index in [1.54, 1.807) is 0 Å². The summed E-state index contributed by atoms with van der Waals surface area (Å²) in [6.07, 6.45) is 4.29. The zero-order valence-corrected chi connectivity index (χ0v) is 10.9. The standard InChI is InChI=1S/C10H20ClNO3S/c11-6-3-7-16(14,15)12-10-5-2-1-4-9(10)8-13/h9-10,12-13H,1-8H2. The second-order valence-electron chi connectivity index (χ2n) is 4.31. The first kappa shape index (κ1) is 14.2. The first-order valence-corrected chi connectivity index (χ1v) is 7.94. The molecule has 0 heterocycles. The molecule has 0 aromatic carbocycles. The van der Waals surface area contributed by atoms with Crippen molar-refractivity contribution in [3.63, 3.8) is 0 Å². The Hall–Kier alpha value is 0.160. The summed E-state index contributed by atoms with van der Waals surface area (Å²) in [5.41, 5.74) is 0. The van der Waals surface area contributed by atoms with Crippen LogP contribution in [0.1, 0.15) is 32.1 Å². The van der Waals surface area contributed by atoms with Gasteiger partial charge in [0.15, 0.2) is 0 Å². The van der Waals surface area contributed by atoms with Gasteiger partial charge in [-0.15, -0.1) is 11.6 Å². The van der Waals surface area contributed by atoms with Crippen LogP contribution in [0.2, 0.25) is 0 Å². The van der Waals surface area contributed by atoms with Crippen LogP contribution in [0, 0.1) is 5.92 Å². The van der Waals surface area contributed by atoms with E-state index in [1.165, 1.54) is 0 Å². The summed E-state index contributed by atoms with van der Waals surface area (Å²) in [5, 5.41) is 9.18. The third kappa shape index (κ3) is 4.57. The number of alkyl halides is 1. The summed E-state index contributed by atoms with van der Waals surface area (Å²) in [5.74, 6) is 0.500. The molecular weight excluding hydrogens is 250 g/mol. The number of rotatable bonds is 6. The average molecular weight is 270 g/mol. The van der Waals surface area contributed by atoms with Crippen molar-refractivity contribution in [2.45, 2.75) is 38.1 Å². The number of sulfonamides is 1. The predicted octanol–water partition coefficient (Wildman–Crippen LogP) is 1.09. The molecule has 4 nitrogen and oxygen atoms in total. The molecule has 96 valence electrons. The van der Waals surface area contributed by atoms with Crippen molar-refractivity contribution >= 4 is 21.6 Å². The molecule has 1 saturated carbocycles. The lowest BCUT2D eigenvalue weighted by molar-refractivity contribution is 0.164. The van der Waals surface area contributed by atoms with Gasteiger partial charge < -0.3 is 5.11 Å². The molecule has 0 saturated heterocycles. The second kappa shape index (κ2) is 6.79. The molecule has 0 spiro atoms. The Morgan fingerprint density at radius 1 is 1.31 bits per heavy atom. The number of aliphatic hydroxyl groups is 1. The van der Waals surface area contributed by atoms with Gasteiger partial charge in [-0.1, -0.05) is 12.8 Å². The van der Waals surface area contributed by atoms with Crippen molar-refractivity contribution in [2.75, 3.05) is 18.2 Å². The highest BCUT2D eigenvalue weighted by Crippen LogP contribution is 2.24. The molecular formula is C10H20ClNO3S. The van der Waals surface area contributed by atoms with E-state index in [-0.39, 0.29) is 24.3 Å². The van der Waals surface area contributed by atoms with E-state index < -0.39 is 10.0 Å². The van der Waals surface area contributed by atoms with E-state index >= 15 is 0 Å². The zero-order valence-electron chi connectivity index (χ0n) is 9.36. The first-order valence-electron chi connectivity index (χ1n) is 5.76. The van der Waals surface area contributed by atoms with Crippen molar-refractivity contribution in [3.8, 4) is 0 Å². The van der Waals surface area contributed by atoms with Gasteiger partial charge in [0.05, 0.1) is 5.75 Å². The number of aliphatic hydroxyl groups excluding tert-OH is 1. The third-order valence-electron chi connectivity index (χ3n) is 3.02. The maximum atomic E-state index is 11.7. The largest absolute Gasteiger partial charge is 0.396 e. The topological polar surface area (TPSA) is 66.4 Å². The summed E-state index contributed by atoms with van der Waals surface area (Å²) in [6, 6.07) is -0.0981. The van der Waals surface area contributed by atoms with Crippen LogP contribution in [0.4, 0.5) is 0 Å². The molecule has 2 unspecified atom stereocenters. The number of nitrogens with one attached hydrogen (secondary N) is 1. The molecule has 16 heavy (non-hydrogen) atoms. The fourth-order valence-electron chi connectivity index (χ4n) is 2.12. The zero-order chi connectivity index (χ0) is 12.0. The van der Waals surface area contributed by atoms with Crippen LogP contribution < -0.4 is 4.72 Å². The lowest BCUT2D eigenvalue weighted by atomic mass is 9.86. The number of hydrogen-bond donors (Lipinski definition) is 2. The molecule has 2 N–H and O–H groups in total. The third-order valence-corrected chi connectivity index (χ3v) is 4.78. The Kier molecular flexibility index (Phi) is 6.03. The second-order valence-corrected chi connectivity index (χ2v) is 6.56. The van der Waals surface area contributed by atoms with E-state index in [4.69, 9.17) is 11.6 Å². The maximum absolute atomic E-state index is 11.7. The highest BCUT2D eigenvalue weighted by Gasteiger charge is 2.27. The summed E-state index contributed by atoms with van der Waals surface area (Å²) in [7, 11) is -3.23. The molecule has 1 aliphatic carbocycles. The van der Waals surface area contributed by atoms with Crippen molar-refractivity contribution in [3.05, 3.63) is 0 Å². The van der Waals surface area contributed by atoms with Gasteiger partial charge in [0.1, 0.15) is 0 Å². The lowest BCUT2D eigenvalue weighted by Crippen LogP contribution is -2.44. The Morgan fingerprint density at radius 2 is 2.00 bits per heavy atom.